The number of ether oxygens (including phenoxy) is 1. The number of hydrogen-bond acceptors (Lipinski definition) is 4. The smallest absolute Gasteiger partial charge is 0.209 e. The Balaban J connectivity index is 2.61. The van der Waals surface area contributed by atoms with Crippen LogP contribution in [0.25, 0.3) is 0 Å². The van der Waals surface area contributed by atoms with Crippen LogP contribution in [0.4, 0.5) is 0 Å². The van der Waals surface area contributed by atoms with Crippen molar-refractivity contribution in [2.75, 3.05) is 39.5 Å². The Bertz CT molecular complexity index is 645. The van der Waals surface area contributed by atoms with Crippen molar-refractivity contribution >= 4 is 16.0 Å². The molecule has 0 saturated heterocycles. The van der Waals surface area contributed by atoms with Crippen LogP contribution in [0.1, 0.15) is 20.8 Å². The number of hydrogen-bond donors (Lipinski definition) is 2. The second-order valence-electron chi connectivity index (χ2n) is 6.51. The van der Waals surface area contributed by atoms with E-state index in [4.69, 9.17) is 4.74 Å². The molecule has 0 aliphatic rings. The highest BCUT2D eigenvalue weighted by Crippen LogP contribution is 2.08. The van der Waals surface area contributed by atoms with Gasteiger partial charge in [-0.15, -0.1) is 0 Å². The second kappa shape index (κ2) is 9.62. The molecule has 0 saturated carbocycles. The van der Waals surface area contributed by atoms with Crippen molar-refractivity contribution in [2.45, 2.75) is 26.3 Å². The van der Waals surface area contributed by atoms with Gasteiger partial charge in [0.2, 0.25) is 10.0 Å². The number of guanidine groups is 1. The van der Waals surface area contributed by atoms with Crippen molar-refractivity contribution in [1.29, 1.82) is 0 Å². The highest BCUT2D eigenvalue weighted by atomic mass is 32.2. The zero-order valence-electron chi connectivity index (χ0n) is 15.7. The molecule has 142 valence electrons. The molecule has 2 N–H and O–H groups in total. The van der Waals surface area contributed by atoms with Crippen molar-refractivity contribution in [3.05, 3.63) is 30.3 Å². The number of likely N-dealkylation sites (N-methyl/N-ethyl adjacent to an activating group) is 1. The highest BCUT2D eigenvalue weighted by Gasteiger charge is 2.22. The summed E-state index contributed by atoms with van der Waals surface area (Å²) in [6, 6.07) is 9.64. The fourth-order valence-electron chi connectivity index (χ4n) is 2.20. The van der Waals surface area contributed by atoms with Crippen molar-refractivity contribution in [3.63, 3.8) is 0 Å². The molecule has 0 aliphatic heterocycles. The van der Waals surface area contributed by atoms with Crippen LogP contribution >= 0.6 is 0 Å². The molecule has 25 heavy (non-hydrogen) atoms. The minimum absolute atomic E-state index is 0.326. The van der Waals surface area contributed by atoms with Gasteiger partial charge in [0.05, 0.1) is 19.3 Å². The first-order valence-electron chi connectivity index (χ1n) is 8.29. The van der Waals surface area contributed by atoms with Gasteiger partial charge in [-0.1, -0.05) is 18.2 Å². The molecule has 0 radical (unpaired) electrons. The zero-order chi connectivity index (χ0) is 18.9. The van der Waals surface area contributed by atoms with E-state index in [1.807, 2.05) is 49.2 Å². The standard InChI is InChI=1S/C17H30N4O3S/c1-6-18-16(19-14-17(2,3)20-25(5,22)23)21(4)12-13-24-15-10-8-7-9-11-15/h7-11,20H,6,12-14H2,1-5H3,(H,18,19). The molecule has 0 unspecified atom stereocenters. The third kappa shape index (κ3) is 9.31. The molecular formula is C17H30N4O3S. The second-order valence-corrected chi connectivity index (χ2v) is 8.26. The van der Waals surface area contributed by atoms with E-state index in [2.05, 4.69) is 15.0 Å². The predicted molar refractivity (Wildman–Crippen MR) is 103 cm³/mol. The molecular weight excluding hydrogens is 340 g/mol. The van der Waals surface area contributed by atoms with E-state index in [-0.39, 0.29) is 0 Å². The van der Waals surface area contributed by atoms with Crippen LogP contribution in [0, 0.1) is 0 Å². The SMILES string of the molecule is CCNC(=NCC(C)(C)NS(C)(=O)=O)N(C)CCOc1ccccc1. The van der Waals surface area contributed by atoms with Crippen LogP contribution in [-0.4, -0.2) is 64.4 Å². The van der Waals surface area contributed by atoms with E-state index < -0.39 is 15.6 Å². The van der Waals surface area contributed by atoms with Crippen LogP contribution in [0.3, 0.4) is 0 Å². The van der Waals surface area contributed by atoms with Gasteiger partial charge in [-0.25, -0.2) is 13.1 Å². The van der Waals surface area contributed by atoms with Gasteiger partial charge in [-0.2, -0.15) is 0 Å². The van der Waals surface area contributed by atoms with Gasteiger partial charge in [0, 0.05) is 19.1 Å². The Morgan fingerprint density at radius 3 is 2.48 bits per heavy atom. The fourth-order valence-corrected chi connectivity index (χ4v) is 3.27. The number of aliphatic imine (C=N–C) groups is 1. The highest BCUT2D eigenvalue weighted by molar-refractivity contribution is 7.88. The van der Waals surface area contributed by atoms with E-state index >= 15 is 0 Å². The molecule has 0 aliphatic carbocycles. The molecule has 8 heteroatoms. The average Bonchev–Trinajstić information content (AvgIpc) is 2.50. The van der Waals surface area contributed by atoms with Gasteiger partial charge in [0.15, 0.2) is 5.96 Å². The van der Waals surface area contributed by atoms with Gasteiger partial charge >= 0.3 is 0 Å². The molecule has 0 bridgehead atoms. The lowest BCUT2D eigenvalue weighted by atomic mass is 10.1. The summed E-state index contributed by atoms with van der Waals surface area (Å²) in [5, 5.41) is 3.21. The van der Waals surface area contributed by atoms with Crippen LogP contribution in [0.2, 0.25) is 0 Å². The first-order valence-corrected chi connectivity index (χ1v) is 10.2. The molecule has 0 aromatic heterocycles. The van der Waals surface area contributed by atoms with Crippen molar-refractivity contribution in [2.24, 2.45) is 4.99 Å². The van der Waals surface area contributed by atoms with Gasteiger partial charge < -0.3 is 15.0 Å². The lowest BCUT2D eigenvalue weighted by molar-refractivity contribution is 0.281. The zero-order valence-corrected chi connectivity index (χ0v) is 16.6. The maximum Gasteiger partial charge on any atom is 0.209 e. The van der Waals surface area contributed by atoms with E-state index in [0.717, 1.165) is 18.6 Å². The Morgan fingerprint density at radius 2 is 1.92 bits per heavy atom. The largest absolute Gasteiger partial charge is 0.492 e. The molecule has 0 atom stereocenters. The molecule has 0 spiro atoms. The summed E-state index contributed by atoms with van der Waals surface area (Å²) in [4.78, 5) is 6.51. The molecule has 0 fully saturated rings. The van der Waals surface area contributed by atoms with Gasteiger partial charge in [-0.3, -0.25) is 4.99 Å². The first-order chi connectivity index (χ1) is 11.6. The Hall–Kier alpha value is -1.80. The molecule has 0 amide bonds. The maximum atomic E-state index is 11.4. The van der Waals surface area contributed by atoms with Crippen molar-refractivity contribution in [1.82, 2.24) is 14.9 Å². The topological polar surface area (TPSA) is 83.0 Å². The van der Waals surface area contributed by atoms with Gasteiger partial charge in [-0.05, 0) is 32.9 Å². The number of sulfonamides is 1. The summed E-state index contributed by atoms with van der Waals surface area (Å²) in [5.74, 6) is 1.54. The number of para-hydroxylation sites is 1. The molecule has 7 nitrogen and oxygen atoms in total. The van der Waals surface area contributed by atoms with Crippen LogP contribution in [-0.2, 0) is 10.0 Å². The van der Waals surface area contributed by atoms with Crippen LogP contribution in [0.15, 0.2) is 35.3 Å². The monoisotopic (exact) mass is 370 g/mol. The lowest BCUT2D eigenvalue weighted by Gasteiger charge is -2.26. The average molecular weight is 371 g/mol. The predicted octanol–water partition coefficient (Wildman–Crippen LogP) is 1.29. The Kier molecular flexibility index (Phi) is 8.18. The maximum absolute atomic E-state index is 11.4. The van der Waals surface area contributed by atoms with E-state index in [1.165, 1.54) is 0 Å². The summed E-state index contributed by atoms with van der Waals surface area (Å²) in [7, 11) is -1.36. The lowest BCUT2D eigenvalue weighted by Crippen LogP contribution is -2.47. The Labute approximate surface area is 151 Å². The first kappa shape index (κ1) is 21.2. The van der Waals surface area contributed by atoms with E-state index in [1.54, 1.807) is 13.8 Å². The summed E-state index contributed by atoms with van der Waals surface area (Å²) in [6.07, 6.45) is 1.15. The molecule has 1 aromatic carbocycles. The summed E-state index contributed by atoms with van der Waals surface area (Å²) in [6.45, 7) is 7.83. The number of nitrogens with zero attached hydrogens (tertiary/aromatic N) is 2. The van der Waals surface area contributed by atoms with Crippen molar-refractivity contribution in [3.8, 4) is 5.75 Å². The molecule has 1 rings (SSSR count). The number of nitrogens with one attached hydrogen (secondary N) is 2. The van der Waals surface area contributed by atoms with E-state index in [9.17, 15) is 8.42 Å². The van der Waals surface area contributed by atoms with Gasteiger partial charge in [0.1, 0.15) is 12.4 Å². The van der Waals surface area contributed by atoms with E-state index in [0.29, 0.717) is 25.7 Å². The summed E-state index contributed by atoms with van der Waals surface area (Å²) in [5.41, 5.74) is -0.657. The van der Waals surface area contributed by atoms with Gasteiger partial charge in [0.25, 0.3) is 0 Å². The third-order valence-electron chi connectivity index (χ3n) is 3.22. The molecule has 1 aromatic rings. The Morgan fingerprint density at radius 1 is 1.28 bits per heavy atom. The minimum atomic E-state index is -3.28. The molecule has 0 heterocycles. The number of rotatable bonds is 9. The third-order valence-corrected chi connectivity index (χ3v) is 4.14. The van der Waals surface area contributed by atoms with Crippen molar-refractivity contribution < 1.29 is 13.2 Å². The quantitative estimate of drug-likeness (QED) is 0.506. The fraction of sp³-hybridized carbons (Fsp3) is 0.588. The number of benzene rings is 1. The van der Waals surface area contributed by atoms with Crippen LogP contribution < -0.4 is 14.8 Å². The summed E-state index contributed by atoms with van der Waals surface area (Å²) < 4.78 is 31.1. The summed E-state index contributed by atoms with van der Waals surface area (Å²) >= 11 is 0. The van der Waals surface area contributed by atoms with Crippen LogP contribution in [0.5, 0.6) is 5.75 Å². The normalized spacial score (nSPS) is 12.8. The minimum Gasteiger partial charge on any atom is -0.492 e.